The molecule has 0 aliphatic rings. The lowest BCUT2D eigenvalue weighted by Crippen LogP contribution is -2.56. The van der Waals surface area contributed by atoms with E-state index in [4.69, 9.17) is 16.3 Å². The van der Waals surface area contributed by atoms with Crippen LogP contribution < -0.4 is 14.4 Å². The van der Waals surface area contributed by atoms with Gasteiger partial charge in [0.05, 0.1) is 17.2 Å². The van der Waals surface area contributed by atoms with Crippen LogP contribution >= 0.6 is 23.4 Å². The smallest absolute Gasteiger partial charge is 0.264 e. The fraction of sp³-hybridized carbons (Fsp3) is 0.297. The van der Waals surface area contributed by atoms with Crippen molar-refractivity contribution in [1.82, 2.24) is 10.2 Å². The zero-order valence-electron chi connectivity index (χ0n) is 27.9. The predicted molar refractivity (Wildman–Crippen MR) is 194 cm³/mol. The standard InChI is InChI=1S/C37H42ClN3O5S2/c1-6-46-34-18-11-10-17-32(34)41(48(44,45)31-21-19-30(47-5)20-22-31)26-35(42)40(25-28-15-12-16-29(38)23-28)33(36(43)39-37(2,3)4)24-27-13-8-7-9-14-27/h7-23,33H,6,24-26H2,1-5H3,(H,39,43). The molecule has 4 aromatic rings. The Bertz CT molecular complexity index is 1800. The number of halogens is 1. The van der Waals surface area contributed by atoms with Gasteiger partial charge in [-0.25, -0.2) is 8.42 Å². The van der Waals surface area contributed by atoms with Crippen molar-refractivity contribution in [3.05, 3.63) is 119 Å². The van der Waals surface area contributed by atoms with E-state index in [2.05, 4.69) is 5.32 Å². The van der Waals surface area contributed by atoms with Crippen molar-refractivity contribution in [1.29, 1.82) is 0 Å². The highest BCUT2D eigenvalue weighted by atomic mass is 35.5. The van der Waals surface area contributed by atoms with Gasteiger partial charge < -0.3 is 15.0 Å². The number of rotatable bonds is 14. The summed E-state index contributed by atoms with van der Waals surface area (Å²) in [6, 6.07) is 28.7. The number of hydrogen-bond acceptors (Lipinski definition) is 6. The number of carbonyl (C=O) groups excluding carboxylic acids is 2. The molecule has 48 heavy (non-hydrogen) atoms. The lowest BCUT2D eigenvalue weighted by atomic mass is 10.0. The third-order valence-corrected chi connectivity index (χ3v) is 10.1. The third kappa shape index (κ3) is 9.78. The van der Waals surface area contributed by atoms with E-state index < -0.39 is 34.1 Å². The minimum atomic E-state index is -4.29. The Morgan fingerprint density at radius 2 is 1.54 bits per heavy atom. The first-order chi connectivity index (χ1) is 22.8. The second kappa shape index (κ2) is 16.4. The number of ether oxygens (including phenoxy) is 1. The lowest BCUT2D eigenvalue weighted by Gasteiger charge is -2.35. The topological polar surface area (TPSA) is 96.0 Å². The molecule has 254 valence electrons. The number of hydrogen-bond donors (Lipinski definition) is 1. The molecular weight excluding hydrogens is 666 g/mol. The number of amides is 2. The summed E-state index contributed by atoms with van der Waals surface area (Å²) in [5, 5.41) is 3.51. The SMILES string of the molecule is CCOc1ccccc1N(CC(=O)N(Cc1cccc(Cl)c1)C(Cc1ccccc1)C(=O)NC(C)(C)C)S(=O)(=O)c1ccc(SC)cc1. The Morgan fingerprint density at radius 3 is 2.17 bits per heavy atom. The van der Waals surface area contributed by atoms with E-state index in [-0.39, 0.29) is 36.1 Å². The second-order valence-corrected chi connectivity index (χ2v) is 15.4. The molecule has 1 unspecified atom stereocenters. The minimum absolute atomic E-state index is 0.0118. The summed E-state index contributed by atoms with van der Waals surface area (Å²) < 4.78 is 35.8. The number of nitrogens with zero attached hydrogens (tertiary/aromatic N) is 2. The molecule has 0 radical (unpaired) electrons. The van der Waals surface area contributed by atoms with E-state index in [0.29, 0.717) is 16.3 Å². The summed E-state index contributed by atoms with van der Waals surface area (Å²) in [5.74, 6) is -0.626. The third-order valence-electron chi connectivity index (χ3n) is 7.37. The average molecular weight is 708 g/mol. The number of thioether (sulfide) groups is 1. The number of benzene rings is 4. The average Bonchev–Trinajstić information content (AvgIpc) is 3.05. The van der Waals surface area contributed by atoms with Crippen molar-refractivity contribution >= 4 is 50.9 Å². The van der Waals surface area contributed by atoms with Gasteiger partial charge in [0, 0.05) is 28.4 Å². The van der Waals surface area contributed by atoms with Crippen molar-refractivity contribution in [2.24, 2.45) is 0 Å². The predicted octanol–water partition coefficient (Wildman–Crippen LogP) is 7.21. The van der Waals surface area contributed by atoms with E-state index >= 15 is 0 Å². The molecule has 0 heterocycles. The van der Waals surface area contributed by atoms with Gasteiger partial charge in [-0.2, -0.15) is 0 Å². The fourth-order valence-corrected chi connectivity index (χ4v) is 7.21. The van der Waals surface area contributed by atoms with E-state index in [1.165, 1.54) is 28.8 Å². The first-order valence-electron chi connectivity index (χ1n) is 15.6. The maximum absolute atomic E-state index is 14.7. The monoisotopic (exact) mass is 707 g/mol. The quantitative estimate of drug-likeness (QED) is 0.139. The van der Waals surface area contributed by atoms with Gasteiger partial charge in [0.25, 0.3) is 10.0 Å². The van der Waals surface area contributed by atoms with Gasteiger partial charge in [-0.1, -0.05) is 66.2 Å². The molecule has 0 saturated carbocycles. The maximum atomic E-state index is 14.7. The molecule has 1 N–H and O–H groups in total. The Hall–Kier alpha value is -3.99. The van der Waals surface area contributed by atoms with E-state index in [0.717, 1.165) is 14.8 Å². The molecule has 2 amide bonds. The molecule has 0 saturated heterocycles. The molecule has 0 aliphatic heterocycles. The molecule has 0 fully saturated rings. The van der Waals surface area contributed by atoms with Crippen molar-refractivity contribution in [2.45, 2.75) is 62.0 Å². The van der Waals surface area contributed by atoms with Crippen LogP contribution in [0.15, 0.2) is 113 Å². The van der Waals surface area contributed by atoms with Crippen LogP contribution in [-0.2, 0) is 32.6 Å². The van der Waals surface area contributed by atoms with E-state index in [9.17, 15) is 18.0 Å². The second-order valence-electron chi connectivity index (χ2n) is 12.2. The molecule has 8 nitrogen and oxygen atoms in total. The number of nitrogens with one attached hydrogen (secondary N) is 1. The van der Waals surface area contributed by atoms with Crippen LogP contribution in [0.25, 0.3) is 0 Å². The molecule has 11 heteroatoms. The van der Waals surface area contributed by atoms with Crippen molar-refractivity contribution in [3.8, 4) is 5.75 Å². The molecule has 4 aromatic carbocycles. The molecule has 0 bridgehead atoms. The molecular formula is C37H42ClN3O5S2. The van der Waals surface area contributed by atoms with Gasteiger partial charge in [0.2, 0.25) is 11.8 Å². The zero-order valence-corrected chi connectivity index (χ0v) is 30.2. The van der Waals surface area contributed by atoms with Crippen LogP contribution in [-0.4, -0.2) is 56.1 Å². The van der Waals surface area contributed by atoms with Crippen LogP contribution in [0.1, 0.15) is 38.8 Å². The fourth-order valence-electron chi connectivity index (χ4n) is 5.17. The largest absolute Gasteiger partial charge is 0.492 e. The van der Waals surface area contributed by atoms with Gasteiger partial charge >= 0.3 is 0 Å². The maximum Gasteiger partial charge on any atom is 0.264 e. The lowest BCUT2D eigenvalue weighted by molar-refractivity contribution is -0.140. The van der Waals surface area contributed by atoms with Gasteiger partial charge in [0.1, 0.15) is 18.3 Å². The highest BCUT2D eigenvalue weighted by molar-refractivity contribution is 7.98. The van der Waals surface area contributed by atoms with Crippen LogP contribution in [0, 0.1) is 0 Å². The Labute approximate surface area is 293 Å². The summed E-state index contributed by atoms with van der Waals surface area (Å²) >= 11 is 7.83. The number of sulfonamides is 1. The molecule has 0 aliphatic carbocycles. The van der Waals surface area contributed by atoms with E-state index in [1.807, 2.05) is 63.4 Å². The molecule has 0 spiro atoms. The first-order valence-corrected chi connectivity index (χ1v) is 18.6. The summed E-state index contributed by atoms with van der Waals surface area (Å²) in [7, 11) is -4.29. The van der Waals surface area contributed by atoms with Crippen molar-refractivity contribution in [3.63, 3.8) is 0 Å². The Morgan fingerprint density at radius 1 is 0.896 bits per heavy atom. The van der Waals surface area contributed by atoms with Gasteiger partial charge in [-0.3, -0.25) is 13.9 Å². The normalized spacial score (nSPS) is 12.2. The summed E-state index contributed by atoms with van der Waals surface area (Å²) in [6.07, 6.45) is 2.11. The zero-order chi connectivity index (χ0) is 34.9. The Kier molecular flexibility index (Phi) is 12.6. The number of carbonyl (C=O) groups is 2. The first kappa shape index (κ1) is 36.8. The van der Waals surface area contributed by atoms with Crippen molar-refractivity contribution < 1.29 is 22.7 Å². The van der Waals surface area contributed by atoms with Crippen LogP contribution in [0.4, 0.5) is 5.69 Å². The minimum Gasteiger partial charge on any atom is -0.492 e. The van der Waals surface area contributed by atoms with Crippen LogP contribution in [0.3, 0.4) is 0 Å². The Balaban J connectivity index is 1.86. The molecule has 1 atom stereocenters. The van der Waals surface area contributed by atoms with Crippen LogP contribution in [0.5, 0.6) is 5.75 Å². The highest BCUT2D eigenvalue weighted by Crippen LogP contribution is 2.33. The van der Waals surface area contributed by atoms with Crippen LogP contribution in [0.2, 0.25) is 5.02 Å². The summed E-state index contributed by atoms with van der Waals surface area (Å²) in [6.45, 7) is 7.12. The van der Waals surface area contributed by atoms with Gasteiger partial charge in [0.15, 0.2) is 0 Å². The number of anilines is 1. The molecule has 4 rings (SSSR count). The molecule has 0 aromatic heterocycles. The van der Waals surface area contributed by atoms with Gasteiger partial charge in [-0.05, 0) is 93.6 Å². The van der Waals surface area contributed by atoms with E-state index in [1.54, 1.807) is 61.5 Å². The van der Waals surface area contributed by atoms with Crippen molar-refractivity contribution in [2.75, 3.05) is 23.7 Å². The van der Waals surface area contributed by atoms with Gasteiger partial charge in [-0.15, -0.1) is 11.8 Å². The summed E-state index contributed by atoms with van der Waals surface area (Å²) in [4.78, 5) is 31.1. The number of para-hydroxylation sites is 2. The highest BCUT2D eigenvalue weighted by Gasteiger charge is 2.36. The summed E-state index contributed by atoms with van der Waals surface area (Å²) in [5.41, 5.74) is 1.15.